The molecule has 0 saturated heterocycles. The van der Waals surface area contributed by atoms with Crippen LogP contribution in [-0.4, -0.2) is 24.7 Å². The Balaban J connectivity index is 1.83. The third-order valence-electron chi connectivity index (χ3n) is 3.05. The predicted molar refractivity (Wildman–Crippen MR) is 88.2 cm³/mol. The van der Waals surface area contributed by atoms with Gasteiger partial charge in [0, 0.05) is 5.02 Å². The van der Waals surface area contributed by atoms with Crippen LogP contribution in [0, 0.1) is 6.92 Å². The zero-order valence-corrected chi connectivity index (χ0v) is 13.5. The van der Waals surface area contributed by atoms with Gasteiger partial charge in [-0.1, -0.05) is 35.9 Å². The topological polar surface area (TPSA) is 90.8 Å². The van der Waals surface area contributed by atoms with Crippen molar-refractivity contribution in [2.24, 2.45) is 5.10 Å². The standard InChI is InChI=1S/C17H15ClN2O4/c1-11-8-14(18)6-7-15(11)24-10-16(21)20-19-9-12-2-4-13(5-3-12)17(22)23/h2-9H,10H2,1H3,(H,20,21)(H,22,23)/p-1/b19-9-. The third-order valence-corrected chi connectivity index (χ3v) is 3.28. The molecule has 0 aromatic heterocycles. The first-order chi connectivity index (χ1) is 11.5. The van der Waals surface area contributed by atoms with E-state index in [0.29, 0.717) is 16.3 Å². The first-order valence-corrected chi connectivity index (χ1v) is 7.36. The van der Waals surface area contributed by atoms with Gasteiger partial charge >= 0.3 is 0 Å². The molecule has 7 heteroatoms. The molecule has 0 fully saturated rings. The number of rotatable bonds is 6. The lowest BCUT2D eigenvalue weighted by Gasteiger charge is -2.08. The Labute approximate surface area is 143 Å². The van der Waals surface area contributed by atoms with Crippen LogP contribution in [0.1, 0.15) is 21.5 Å². The van der Waals surface area contributed by atoms with E-state index in [1.807, 2.05) is 6.92 Å². The summed E-state index contributed by atoms with van der Waals surface area (Å²) in [5.74, 6) is -1.11. The number of nitrogens with zero attached hydrogens (tertiary/aromatic N) is 1. The summed E-state index contributed by atoms with van der Waals surface area (Å²) in [5, 5.41) is 15.0. The summed E-state index contributed by atoms with van der Waals surface area (Å²) in [5.41, 5.74) is 3.85. The number of ether oxygens (including phenoxy) is 1. The van der Waals surface area contributed by atoms with Crippen LogP contribution >= 0.6 is 11.6 Å². The van der Waals surface area contributed by atoms with Gasteiger partial charge < -0.3 is 14.6 Å². The van der Waals surface area contributed by atoms with Gasteiger partial charge in [0.25, 0.3) is 5.91 Å². The van der Waals surface area contributed by atoms with Crippen molar-refractivity contribution >= 4 is 29.7 Å². The number of hydrazone groups is 1. The predicted octanol–water partition coefficient (Wildman–Crippen LogP) is 1.54. The Morgan fingerprint density at radius 1 is 1.25 bits per heavy atom. The lowest BCUT2D eigenvalue weighted by atomic mass is 10.1. The number of hydrogen-bond donors (Lipinski definition) is 1. The van der Waals surface area contributed by atoms with E-state index in [1.54, 1.807) is 30.3 Å². The molecule has 0 spiro atoms. The van der Waals surface area contributed by atoms with Crippen LogP contribution in [0.2, 0.25) is 5.02 Å². The molecule has 0 radical (unpaired) electrons. The normalized spacial score (nSPS) is 10.6. The van der Waals surface area contributed by atoms with E-state index in [-0.39, 0.29) is 12.2 Å². The summed E-state index contributed by atoms with van der Waals surface area (Å²) in [6, 6.07) is 11.0. The van der Waals surface area contributed by atoms with Crippen LogP contribution in [-0.2, 0) is 4.79 Å². The van der Waals surface area contributed by atoms with E-state index in [0.717, 1.165) is 5.56 Å². The molecule has 0 aliphatic carbocycles. The second-order valence-electron chi connectivity index (χ2n) is 4.90. The summed E-state index contributed by atoms with van der Waals surface area (Å²) >= 11 is 5.84. The van der Waals surface area contributed by atoms with E-state index in [2.05, 4.69) is 10.5 Å². The van der Waals surface area contributed by atoms with E-state index >= 15 is 0 Å². The highest BCUT2D eigenvalue weighted by Crippen LogP contribution is 2.21. The molecule has 2 aromatic rings. The van der Waals surface area contributed by atoms with E-state index in [9.17, 15) is 14.7 Å². The number of halogens is 1. The monoisotopic (exact) mass is 345 g/mol. The van der Waals surface area contributed by atoms with Gasteiger partial charge in [-0.2, -0.15) is 5.10 Å². The Hall–Kier alpha value is -2.86. The number of aromatic carboxylic acids is 1. The molecule has 6 nitrogen and oxygen atoms in total. The third kappa shape index (κ3) is 5.10. The van der Waals surface area contributed by atoms with Crippen molar-refractivity contribution < 1.29 is 19.4 Å². The van der Waals surface area contributed by atoms with Crippen LogP contribution in [0.25, 0.3) is 0 Å². The Morgan fingerprint density at radius 2 is 1.96 bits per heavy atom. The second-order valence-corrected chi connectivity index (χ2v) is 5.34. The summed E-state index contributed by atoms with van der Waals surface area (Å²) < 4.78 is 5.38. The van der Waals surface area contributed by atoms with Crippen molar-refractivity contribution in [1.29, 1.82) is 0 Å². The first-order valence-electron chi connectivity index (χ1n) is 6.98. The number of carbonyl (C=O) groups is 2. The van der Waals surface area contributed by atoms with Gasteiger partial charge in [-0.3, -0.25) is 4.79 Å². The average Bonchev–Trinajstić information content (AvgIpc) is 2.54. The highest BCUT2D eigenvalue weighted by Gasteiger charge is 2.04. The van der Waals surface area contributed by atoms with Gasteiger partial charge in [0.15, 0.2) is 6.61 Å². The molecule has 2 rings (SSSR count). The molecule has 0 bridgehead atoms. The number of nitrogens with one attached hydrogen (secondary N) is 1. The summed E-state index contributed by atoms with van der Waals surface area (Å²) in [7, 11) is 0. The molecular weight excluding hydrogens is 332 g/mol. The maximum Gasteiger partial charge on any atom is 0.277 e. The molecule has 0 aliphatic heterocycles. The number of benzene rings is 2. The fourth-order valence-corrected chi connectivity index (χ4v) is 2.06. The second kappa shape index (κ2) is 8.12. The quantitative estimate of drug-likeness (QED) is 0.635. The molecule has 124 valence electrons. The molecule has 0 unspecified atom stereocenters. The minimum Gasteiger partial charge on any atom is -0.545 e. The molecule has 24 heavy (non-hydrogen) atoms. The van der Waals surface area contributed by atoms with Gasteiger partial charge in [-0.05, 0) is 41.8 Å². The van der Waals surface area contributed by atoms with Crippen LogP contribution < -0.4 is 15.3 Å². The molecule has 0 saturated carbocycles. The smallest absolute Gasteiger partial charge is 0.277 e. The first kappa shape index (κ1) is 17.5. The van der Waals surface area contributed by atoms with Crippen LogP contribution in [0.5, 0.6) is 5.75 Å². The SMILES string of the molecule is Cc1cc(Cl)ccc1OCC(=O)N/N=C\c1ccc(C(=O)[O-])cc1. The van der Waals surface area contributed by atoms with Gasteiger partial charge in [0.2, 0.25) is 0 Å². The van der Waals surface area contributed by atoms with Crippen LogP contribution in [0.3, 0.4) is 0 Å². The molecular formula is C17H14ClN2O4-. The highest BCUT2D eigenvalue weighted by atomic mass is 35.5. The average molecular weight is 346 g/mol. The molecule has 0 aliphatic rings. The fraction of sp³-hybridized carbons (Fsp3) is 0.118. The summed E-state index contributed by atoms with van der Waals surface area (Å²) in [6.45, 7) is 1.64. The van der Waals surface area contributed by atoms with E-state index < -0.39 is 11.9 Å². The number of carboxylic acids is 1. The Morgan fingerprint density at radius 3 is 2.58 bits per heavy atom. The maximum atomic E-state index is 11.7. The fourth-order valence-electron chi connectivity index (χ4n) is 1.83. The van der Waals surface area contributed by atoms with Crippen molar-refractivity contribution in [1.82, 2.24) is 5.43 Å². The lowest BCUT2D eigenvalue weighted by molar-refractivity contribution is -0.255. The Kier molecular flexibility index (Phi) is 5.92. The summed E-state index contributed by atoms with van der Waals surface area (Å²) in [4.78, 5) is 22.3. The van der Waals surface area contributed by atoms with E-state index in [1.165, 1.54) is 18.3 Å². The lowest BCUT2D eigenvalue weighted by Crippen LogP contribution is -2.24. The van der Waals surface area contributed by atoms with Gasteiger partial charge in [0.1, 0.15) is 5.75 Å². The van der Waals surface area contributed by atoms with Crippen molar-refractivity contribution in [3.8, 4) is 5.75 Å². The van der Waals surface area contributed by atoms with Crippen molar-refractivity contribution in [3.05, 3.63) is 64.2 Å². The Bertz CT molecular complexity index is 773. The molecule has 2 aromatic carbocycles. The van der Waals surface area contributed by atoms with Gasteiger partial charge in [-0.15, -0.1) is 0 Å². The molecule has 1 amide bonds. The minimum absolute atomic E-state index is 0.0721. The number of carbonyl (C=O) groups excluding carboxylic acids is 2. The molecule has 0 atom stereocenters. The zero-order valence-electron chi connectivity index (χ0n) is 12.8. The van der Waals surface area contributed by atoms with Crippen molar-refractivity contribution in [2.45, 2.75) is 6.92 Å². The number of aryl methyl sites for hydroxylation is 1. The van der Waals surface area contributed by atoms with Gasteiger partial charge in [0.05, 0.1) is 12.2 Å². The minimum atomic E-state index is -1.25. The highest BCUT2D eigenvalue weighted by molar-refractivity contribution is 6.30. The number of hydrogen-bond acceptors (Lipinski definition) is 5. The largest absolute Gasteiger partial charge is 0.545 e. The molecule has 1 N–H and O–H groups in total. The molecule has 0 heterocycles. The zero-order chi connectivity index (χ0) is 17.5. The van der Waals surface area contributed by atoms with E-state index in [4.69, 9.17) is 16.3 Å². The van der Waals surface area contributed by atoms with Crippen LogP contribution in [0.15, 0.2) is 47.6 Å². The van der Waals surface area contributed by atoms with Crippen LogP contribution in [0.4, 0.5) is 0 Å². The maximum absolute atomic E-state index is 11.7. The summed E-state index contributed by atoms with van der Waals surface area (Å²) in [6.07, 6.45) is 1.39. The number of carboxylic acid groups (broad SMARTS) is 1. The number of amides is 1. The van der Waals surface area contributed by atoms with Crippen molar-refractivity contribution in [2.75, 3.05) is 6.61 Å². The van der Waals surface area contributed by atoms with Crippen molar-refractivity contribution in [3.63, 3.8) is 0 Å². The van der Waals surface area contributed by atoms with Gasteiger partial charge in [-0.25, -0.2) is 5.43 Å².